The summed E-state index contributed by atoms with van der Waals surface area (Å²) in [6.07, 6.45) is -2.44. The molecule has 32 heavy (non-hydrogen) atoms. The van der Waals surface area contributed by atoms with E-state index in [1.807, 2.05) is 6.92 Å². The Morgan fingerprint density at radius 2 is 2.06 bits per heavy atom. The summed E-state index contributed by atoms with van der Waals surface area (Å²) in [4.78, 5) is 34.1. The third-order valence-electron chi connectivity index (χ3n) is 5.57. The number of nitrogens with one attached hydrogen (secondary N) is 2. The van der Waals surface area contributed by atoms with Crippen molar-refractivity contribution in [3.8, 4) is 5.75 Å². The minimum atomic E-state index is -4.90. The largest absolute Gasteiger partial charge is 0.573 e. The Hall–Kier alpha value is -3.24. The van der Waals surface area contributed by atoms with Gasteiger partial charge in [-0.25, -0.2) is 14.6 Å². The molecule has 2 heterocycles. The number of H-pyrrole nitrogens is 1. The van der Waals surface area contributed by atoms with Crippen molar-refractivity contribution in [2.75, 3.05) is 13.7 Å². The van der Waals surface area contributed by atoms with E-state index in [1.165, 1.54) is 36.5 Å². The number of para-hydroxylation sites is 1. The third-order valence-corrected chi connectivity index (χ3v) is 5.57. The highest BCUT2D eigenvalue weighted by molar-refractivity contribution is 5.84. The molecule has 0 fully saturated rings. The minimum absolute atomic E-state index is 0.131. The lowest BCUT2D eigenvalue weighted by molar-refractivity contribution is -0.275. The maximum Gasteiger partial charge on any atom is 0.573 e. The van der Waals surface area contributed by atoms with E-state index < -0.39 is 36.2 Å². The molecule has 0 spiro atoms. The third kappa shape index (κ3) is 4.97. The van der Waals surface area contributed by atoms with Gasteiger partial charge in [0, 0.05) is 24.2 Å². The van der Waals surface area contributed by atoms with Crippen LogP contribution in [0.15, 0.2) is 30.6 Å². The molecule has 0 saturated heterocycles. The van der Waals surface area contributed by atoms with Gasteiger partial charge >= 0.3 is 18.4 Å². The fourth-order valence-corrected chi connectivity index (χ4v) is 3.75. The summed E-state index contributed by atoms with van der Waals surface area (Å²) < 4.78 is 48.1. The van der Waals surface area contributed by atoms with Crippen molar-refractivity contribution in [1.82, 2.24) is 20.2 Å². The molecule has 1 aliphatic heterocycles. The first-order chi connectivity index (χ1) is 15.2. The summed E-state index contributed by atoms with van der Waals surface area (Å²) in [5.74, 6) is -1.23. The van der Waals surface area contributed by atoms with E-state index in [4.69, 9.17) is 4.74 Å². The summed E-state index contributed by atoms with van der Waals surface area (Å²) in [6, 6.07) is 3.17. The van der Waals surface area contributed by atoms with Gasteiger partial charge in [0.2, 0.25) is 0 Å². The first-order valence-corrected chi connectivity index (χ1v) is 10.2. The number of alkyl halides is 3. The van der Waals surface area contributed by atoms with Crippen LogP contribution in [0.2, 0.25) is 0 Å². The van der Waals surface area contributed by atoms with Crippen LogP contribution in [0.1, 0.15) is 43.3 Å². The molecule has 1 aliphatic rings. The number of aromatic amines is 1. The second-order valence-corrected chi connectivity index (χ2v) is 7.53. The average molecular weight is 454 g/mol. The Labute approximate surface area is 183 Å². The number of carbonyl (C=O) groups excluding carboxylic acids is 2. The molecule has 11 heteroatoms. The maximum atomic E-state index is 13.3. The molecule has 1 unspecified atom stereocenters. The van der Waals surface area contributed by atoms with Gasteiger partial charge in [-0.3, -0.25) is 0 Å². The van der Waals surface area contributed by atoms with E-state index in [0.29, 0.717) is 24.2 Å². The van der Waals surface area contributed by atoms with Crippen LogP contribution in [0.4, 0.5) is 18.0 Å². The van der Waals surface area contributed by atoms with E-state index in [-0.39, 0.29) is 18.0 Å². The Morgan fingerprint density at radius 3 is 2.72 bits per heavy atom. The highest BCUT2D eigenvalue weighted by atomic mass is 19.4. The van der Waals surface area contributed by atoms with Gasteiger partial charge in [0.05, 0.1) is 19.1 Å². The van der Waals surface area contributed by atoms with E-state index in [2.05, 4.69) is 20.0 Å². The van der Waals surface area contributed by atoms with Crippen molar-refractivity contribution in [3.05, 3.63) is 47.5 Å². The number of fused-ring (bicyclic) bond motifs is 1. The first kappa shape index (κ1) is 23.4. The Morgan fingerprint density at radius 1 is 1.34 bits per heavy atom. The van der Waals surface area contributed by atoms with Crippen molar-refractivity contribution in [2.45, 2.75) is 45.1 Å². The maximum absolute atomic E-state index is 13.3. The molecular weight excluding hydrogens is 429 g/mol. The van der Waals surface area contributed by atoms with Crippen LogP contribution in [-0.2, 0) is 16.0 Å². The predicted octanol–water partition coefficient (Wildman–Crippen LogP) is 3.55. The zero-order chi connectivity index (χ0) is 23.5. The standard InChI is InChI=1S/C21H25F3N4O4/c1-4-12(2)16(19(29)31-3)27-20(30)28-10-9-14-17(26-11-25-14)18(28)13-7-5-6-8-15(13)32-21(22,23)24/h5-8,11-12,16,18H,4,9-10H2,1-3H3,(H,25,26)(H,27,30)/t12-,16+,18?/m1/s1. The number of amides is 2. The van der Waals surface area contributed by atoms with Crippen molar-refractivity contribution in [2.24, 2.45) is 5.92 Å². The topological polar surface area (TPSA) is 96.5 Å². The number of halogens is 3. The molecule has 0 aliphatic carbocycles. The van der Waals surface area contributed by atoms with Gasteiger partial charge in [-0.1, -0.05) is 38.5 Å². The number of ether oxygens (including phenoxy) is 2. The number of aromatic nitrogens is 2. The number of nitrogens with zero attached hydrogens (tertiary/aromatic N) is 2. The molecular formula is C21H25F3N4O4. The number of carbonyl (C=O) groups is 2. The molecule has 2 amide bonds. The lowest BCUT2D eigenvalue weighted by Crippen LogP contribution is -2.53. The zero-order valence-corrected chi connectivity index (χ0v) is 17.9. The number of hydrogen-bond donors (Lipinski definition) is 2. The average Bonchev–Trinajstić information content (AvgIpc) is 3.24. The highest BCUT2D eigenvalue weighted by Crippen LogP contribution is 2.39. The van der Waals surface area contributed by atoms with Gasteiger partial charge in [-0.15, -0.1) is 13.2 Å². The van der Waals surface area contributed by atoms with Gasteiger partial charge in [0.25, 0.3) is 0 Å². The highest BCUT2D eigenvalue weighted by Gasteiger charge is 2.40. The number of urea groups is 1. The normalized spacial score (nSPS) is 17.8. The minimum Gasteiger partial charge on any atom is -0.467 e. The van der Waals surface area contributed by atoms with E-state index >= 15 is 0 Å². The number of esters is 1. The number of methoxy groups -OCH3 is 1. The number of benzene rings is 1. The van der Waals surface area contributed by atoms with Crippen molar-refractivity contribution >= 4 is 12.0 Å². The van der Waals surface area contributed by atoms with E-state index in [1.54, 1.807) is 13.0 Å². The fourth-order valence-electron chi connectivity index (χ4n) is 3.75. The van der Waals surface area contributed by atoms with Crippen molar-refractivity contribution in [3.63, 3.8) is 0 Å². The van der Waals surface area contributed by atoms with Crippen LogP contribution in [0.5, 0.6) is 5.75 Å². The summed E-state index contributed by atoms with van der Waals surface area (Å²) in [7, 11) is 1.23. The SMILES string of the molecule is CC[C@@H](C)[C@H](NC(=O)N1CCc2[nH]cnc2C1c1ccccc1OC(F)(F)F)C(=O)OC. The number of imidazole rings is 1. The van der Waals surface area contributed by atoms with Gasteiger partial charge in [-0.05, 0) is 12.0 Å². The van der Waals surface area contributed by atoms with Gasteiger partial charge in [0.1, 0.15) is 17.8 Å². The molecule has 0 bridgehead atoms. The second-order valence-electron chi connectivity index (χ2n) is 7.53. The van der Waals surface area contributed by atoms with Crippen molar-refractivity contribution < 1.29 is 32.2 Å². The quantitative estimate of drug-likeness (QED) is 0.651. The molecule has 0 radical (unpaired) electrons. The second kappa shape index (κ2) is 9.49. The van der Waals surface area contributed by atoms with Gasteiger partial charge in [0.15, 0.2) is 0 Å². The first-order valence-electron chi connectivity index (χ1n) is 10.2. The number of hydrogen-bond acceptors (Lipinski definition) is 5. The summed E-state index contributed by atoms with van der Waals surface area (Å²) >= 11 is 0. The van der Waals surface area contributed by atoms with Crippen LogP contribution in [0.25, 0.3) is 0 Å². The smallest absolute Gasteiger partial charge is 0.467 e. The summed E-state index contributed by atoms with van der Waals surface area (Å²) in [5, 5.41) is 2.69. The van der Waals surface area contributed by atoms with Crippen molar-refractivity contribution in [1.29, 1.82) is 0 Å². The lowest BCUT2D eigenvalue weighted by Gasteiger charge is -2.37. The van der Waals surface area contributed by atoms with Gasteiger partial charge in [-0.2, -0.15) is 0 Å². The van der Waals surface area contributed by atoms with E-state index in [0.717, 1.165) is 0 Å². The molecule has 1 aromatic heterocycles. The zero-order valence-electron chi connectivity index (χ0n) is 17.9. The van der Waals surface area contributed by atoms with Crippen LogP contribution >= 0.6 is 0 Å². The van der Waals surface area contributed by atoms with Gasteiger partial charge < -0.3 is 24.7 Å². The van der Waals surface area contributed by atoms with E-state index in [9.17, 15) is 22.8 Å². The molecule has 8 nitrogen and oxygen atoms in total. The Kier molecular flexibility index (Phi) is 6.95. The van der Waals surface area contributed by atoms with Crippen LogP contribution in [-0.4, -0.2) is 52.9 Å². The molecule has 2 aromatic rings. The van der Waals surface area contributed by atoms with Crippen LogP contribution in [0, 0.1) is 5.92 Å². The monoisotopic (exact) mass is 454 g/mol. The van der Waals surface area contributed by atoms with Crippen LogP contribution < -0.4 is 10.1 Å². The fraction of sp³-hybridized carbons (Fsp3) is 0.476. The molecule has 1 aromatic carbocycles. The predicted molar refractivity (Wildman–Crippen MR) is 108 cm³/mol. The van der Waals surface area contributed by atoms with Crippen LogP contribution in [0.3, 0.4) is 0 Å². The molecule has 0 saturated carbocycles. The summed E-state index contributed by atoms with van der Waals surface area (Å²) in [5.41, 5.74) is 1.27. The summed E-state index contributed by atoms with van der Waals surface area (Å²) in [6.45, 7) is 3.87. The molecule has 3 rings (SSSR count). The Balaban J connectivity index is 2.00. The molecule has 2 N–H and O–H groups in total. The number of rotatable bonds is 6. The lowest BCUT2D eigenvalue weighted by atomic mass is 9.95. The molecule has 174 valence electrons. The molecule has 3 atom stereocenters. The Bertz CT molecular complexity index is 963.